The van der Waals surface area contributed by atoms with Crippen molar-refractivity contribution in [2.45, 2.75) is 13.5 Å². The van der Waals surface area contributed by atoms with E-state index < -0.39 is 0 Å². The molecule has 96 valence electrons. The Hall–Kier alpha value is -1.49. The Bertz CT molecular complexity index is 434. The molecule has 0 saturated carbocycles. The standard InChI is InChI=1S/C13H16N2O2S/c1-2-17-14-12-13(16)15(8-9-18-12)10-11-6-4-3-5-7-11/h3-7H,2,8-10H2,1H3/b14-12+. The van der Waals surface area contributed by atoms with Crippen molar-refractivity contribution in [2.75, 3.05) is 18.9 Å². The molecule has 0 atom stereocenters. The van der Waals surface area contributed by atoms with Gasteiger partial charge in [-0.2, -0.15) is 0 Å². The lowest BCUT2D eigenvalue weighted by atomic mass is 10.2. The van der Waals surface area contributed by atoms with Gasteiger partial charge in [0.1, 0.15) is 6.61 Å². The second-order valence-electron chi connectivity index (χ2n) is 3.87. The van der Waals surface area contributed by atoms with Gasteiger partial charge in [-0.25, -0.2) is 0 Å². The largest absolute Gasteiger partial charge is 0.395 e. The van der Waals surface area contributed by atoms with Crippen molar-refractivity contribution in [1.82, 2.24) is 4.90 Å². The number of carbonyl (C=O) groups excluding carboxylic acids is 1. The molecule has 1 amide bonds. The van der Waals surface area contributed by atoms with Crippen molar-refractivity contribution in [3.63, 3.8) is 0 Å². The lowest BCUT2D eigenvalue weighted by Crippen LogP contribution is -2.40. The molecule has 0 bridgehead atoms. The number of nitrogens with zero attached hydrogens (tertiary/aromatic N) is 2. The van der Waals surface area contributed by atoms with Crippen LogP contribution in [0.15, 0.2) is 35.5 Å². The quantitative estimate of drug-likeness (QED) is 0.782. The third-order valence-corrected chi connectivity index (χ3v) is 3.47. The summed E-state index contributed by atoms with van der Waals surface area (Å²) in [5.41, 5.74) is 1.13. The van der Waals surface area contributed by atoms with Gasteiger partial charge in [-0.15, -0.1) is 0 Å². The molecule has 1 aromatic carbocycles. The van der Waals surface area contributed by atoms with Crippen molar-refractivity contribution in [1.29, 1.82) is 0 Å². The van der Waals surface area contributed by atoms with Gasteiger partial charge < -0.3 is 9.74 Å². The van der Waals surface area contributed by atoms with Crippen LogP contribution < -0.4 is 0 Å². The van der Waals surface area contributed by atoms with E-state index in [1.54, 1.807) is 0 Å². The molecule has 2 rings (SSSR count). The van der Waals surface area contributed by atoms with E-state index in [4.69, 9.17) is 4.84 Å². The molecule has 1 heterocycles. The summed E-state index contributed by atoms with van der Waals surface area (Å²) in [5.74, 6) is 0.827. The van der Waals surface area contributed by atoms with E-state index in [9.17, 15) is 4.79 Å². The Morgan fingerprint density at radius 2 is 2.17 bits per heavy atom. The molecule has 1 fully saturated rings. The highest BCUT2D eigenvalue weighted by atomic mass is 32.2. The predicted molar refractivity (Wildman–Crippen MR) is 73.4 cm³/mol. The molecular weight excluding hydrogens is 248 g/mol. The van der Waals surface area contributed by atoms with E-state index in [1.807, 2.05) is 42.2 Å². The smallest absolute Gasteiger partial charge is 0.282 e. The van der Waals surface area contributed by atoms with Gasteiger partial charge in [0.25, 0.3) is 5.91 Å². The first-order valence-corrected chi connectivity index (χ1v) is 6.95. The van der Waals surface area contributed by atoms with E-state index in [0.29, 0.717) is 18.2 Å². The van der Waals surface area contributed by atoms with Crippen LogP contribution in [-0.2, 0) is 16.2 Å². The van der Waals surface area contributed by atoms with Gasteiger partial charge in [0, 0.05) is 18.8 Å². The summed E-state index contributed by atoms with van der Waals surface area (Å²) in [4.78, 5) is 18.9. The van der Waals surface area contributed by atoms with Crippen LogP contribution in [0.1, 0.15) is 12.5 Å². The van der Waals surface area contributed by atoms with Crippen molar-refractivity contribution in [2.24, 2.45) is 5.16 Å². The third kappa shape index (κ3) is 3.26. The molecule has 1 aliphatic heterocycles. The van der Waals surface area contributed by atoms with Crippen LogP contribution in [-0.4, -0.2) is 34.8 Å². The summed E-state index contributed by atoms with van der Waals surface area (Å²) in [6.07, 6.45) is 0. The van der Waals surface area contributed by atoms with E-state index in [0.717, 1.165) is 17.9 Å². The Morgan fingerprint density at radius 3 is 2.89 bits per heavy atom. The Morgan fingerprint density at radius 1 is 1.39 bits per heavy atom. The third-order valence-electron chi connectivity index (χ3n) is 2.56. The van der Waals surface area contributed by atoms with Crippen LogP contribution in [0.3, 0.4) is 0 Å². The maximum absolute atomic E-state index is 12.1. The highest BCUT2D eigenvalue weighted by Crippen LogP contribution is 2.17. The molecule has 5 heteroatoms. The fourth-order valence-electron chi connectivity index (χ4n) is 1.69. The first-order chi connectivity index (χ1) is 8.81. The molecule has 0 radical (unpaired) electrons. The number of benzene rings is 1. The second kappa shape index (κ2) is 6.44. The molecule has 4 nitrogen and oxygen atoms in total. The van der Waals surface area contributed by atoms with Crippen molar-refractivity contribution in [3.8, 4) is 0 Å². The Kier molecular flexibility index (Phi) is 4.64. The van der Waals surface area contributed by atoms with E-state index in [-0.39, 0.29) is 5.91 Å². The minimum Gasteiger partial charge on any atom is -0.395 e. The summed E-state index contributed by atoms with van der Waals surface area (Å²) >= 11 is 1.46. The summed E-state index contributed by atoms with van der Waals surface area (Å²) in [6.45, 7) is 3.72. The molecule has 1 aromatic rings. The van der Waals surface area contributed by atoms with Gasteiger partial charge in [0.15, 0.2) is 0 Å². The van der Waals surface area contributed by atoms with E-state index >= 15 is 0 Å². The normalized spacial score (nSPS) is 18.2. The number of oxime groups is 1. The van der Waals surface area contributed by atoms with Crippen LogP contribution in [0.5, 0.6) is 0 Å². The maximum atomic E-state index is 12.1. The minimum atomic E-state index is -0.0384. The fraction of sp³-hybridized carbons (Fsp3) is 0.385. The molecule has 0 N–H and O–H groups in total. The second-order valence-corrected chi connectivity index (χ2v) is 4.96. The molecule has 18 heavy (non-hydrogen) atoms. The number of thioether (sulfide) groups is 1. The molecular formula is C13H16N2O2S. The van der Waals surface area contributed by atoms with Crippen molar-refractivity contribution >= 4 is 22.7 Å². The van der Waals surface area contributed by atoms with Crippen LogP contribution in [0, 0.1) is 0 Å². The highest BCUT2D eigenvalue weighted by molar-refractivity contribution is 8.15. The van der Waals surface area contributed by atoms with Crippen LogP contribution in [0.2, 0.25) is 0 Å². The average molecular weight is 264 g/mol. The Balaban J connectivity index is 2.03. The van der Waals surface area contributed by atoms with E-state index in [2.05, 4.69) is 5.16 Å². The van der Waals surface area contributed by atoms with Gasteiger partial charge in [0.05, 0.1) is 0 Å². The van der Waals surface area contributed by atoms with Gasteiger partial charge >= 0.3 is 0 Å². The summed E-state index contributed by atoms with van der Waals surface area (Å²) in [6, 6.07) is 9.98. The van der Waals surface area contributed by atoms with Crippen LogP contribution in [0.25, 0.3) is 0 Å². The fourth-order valence-corrected chi connectivity index (χ4v) is 2.56. The molecule has 0 unspecified atom stereocenters. The zero-order valence-corrected chi connectivity index (χ0v) is 11.2. The number of carbonyl (C=O) groups is 1. The maximum Gasteiger partial charge on any atom is 0.282 e. The van der Waals surface area contributed by atoms with Gasteiger partial charge in [-0.3, -0.25) is 4.79 Å². The minimum absolute atomic E-state index is 0.0384. The number of hydrogen-bond donors (Lipinski definition) is 0. The van der Waals surface area contributed by atoms with Gasteiger partial charge in [-0.1, -0.05) is 47.2 Å². The summed E-state index contributed by atoms with van der Waals surface area (Å²) < 4.78 is 0. The summed E-state index contributed by atoms with van der Waals surface area (Å²) in [7, 11) is 0. The van der Waals surface area contributed by atoms with E-state index in [1.165, 1.54) is 11.8 Å². The highest BCUT2D eigenvalue weighted by Gasteiger charge is 2.26. The first kappa shape index (κ1) is 13.0. The predicted octanol–water partition coefficient (Wildman–Crippen LogP) is 2.11. The lowest BCUT2D eigenvalue weighted by molar-refractivity contribution is -0.124. The van der Waals surface area contributed by atoms with Gasteiger partial charge in [0.2, 0.25) is 5.04 Å². The lowest BCUT2D eigenvalue weighted by Gasteiger charge is -2.26. The molecule has 0 aliphatic carbocycles. The van der Waals surface area contributed by atoms with Crippen LogP contribution in [0.4, 0.5) is 0 Å². The molecule has 0 spiro atoms. The molecule has 0 aromatic heterocycles. The van der Waals surface area contributed by atoms with Crippen LogP contribution >= 0.6 is 11.8 Å². The number of rotatable bonds is 4. The SMILES string of the molecule is CCO/N=C1/SCCN(Cc2ccccc2)C1=O. The van der Waals surface area contributed by atoms with Gasteiger partial charge in [-0.05, 0) is 12.5 Å². The monoisotopic (exact) mass is 264 g/mol. The number of amides is 1. The summed E-state index contributed by atoms with van der Waals surface area (Å²) in [5, 5.41) is 4.32. The Labute approximate surface area is 111 Å². The zero-order valence-electron chi connectivity index (χ0n) is 10.3. The average Bonchev–Trinajstić information content (AvgIpc) is 2.41. The van der Waals surface area contributed by atoms with Crippen molar-refractivity contribution < 1.29 is 9.63 Å². The zero-order chi connectivity index (χ0) is 12.8. The molecule has 1 aliphatic rings. The molecule has 1 saturated heterocycles. The number of hydrogen-bond acceptors (Lipinski definition) is 4. The van der Waals surface area contributed by atoms with Crippen molar-refractivity contribution in [3.05, 3.63) is 35.9 Å². The topological polar surface area (TPSA) is 41.9 Å². The first-order valence-electron chi connectivity index (χ1n) is 5.97.